The van der Waals surface area contributed by atoms with E-state index in [0.29, 0.717) is 30.4 Å². The number of rotatable bonds is 9. The number of nitrogens with one attached hydrogen (secondary N) is 1. The fourth-order valence-electron chi connectivity index (χ4n) is 2.71. The van der Waals surface area contributed by atoms with Gasteiger partial charge in [-0.1, -0.05) is 32.0 Å². The Kier molecular flexibility index (Phi) is 7.53. The Morgan fingerprint density at radius 1 is 1.00 bits per heavy atom. The zero-order valence-electron chi connectivity index (χ0n) is 16.8. The molecule has 5 heteroatoms. The minimum atomic E-state index is -0.134. The van der Waals surface area contributed by atoms with Gasteiger partial charge in [-0.15, -0.1) is 0 Å². The molecule has 0 atom stereocenters. The summed E-state index contributed by atoms with van der Waals surface area (Å²) in [6.07, 6.45) is 0.702. The predicted octanol–water partition coefficient (Wildman–Crippen LogP) is 3.87. The van der Waals surface area contributed by atoms with Gasteiger partial charge in [-0.05, 0) is 54.2 Å². The SMILES string of the molecule is COc1ccc(CCNC(=O)COc2cc(C(C)C)ccc2C)cc1OC. The summed E-state index contributed by atoms with van der Waals surface area (Å²) in [4.78, 5) is 12.1. The molecule has 0 heterocycles. The third kappa shape index (κ3) is 5.91. The fraction of sp³-hybridized carbons (Fsp3) is 0.409. The van der Waals surface area contributed by atoms with Gasteiger partial charge in [0, 0.05) is 6.54 Å². The van der Waals surface area contributed by atoms with E-state index in [0.717, 1.165) is 16.9 Å². The number of carbonyl (C=O) groups is 1. The highest BCUT2D eigenvalue weighted by Crippen LogP contribution is 2.27. The van der Waals surface area contributed by atoms with Crippen molar-refractivity contribution in [1.29, 1.82) is 0 Å². The number of ether oxygens (including phenoxy) is 3. The van der Waals surface area contributed by atoms with Crippen LogP contribution in [0.1, 0.15) is 36.5 Å². The molecule has 0 radical (unpaired) electrons. The number of hydrogen-bond donors (Lipinski definition) is 1. The molecule has 2 aromatic carbocycles. The van der Waals surface area contributed by atoms with Crippen molar-refractivity contribution in [1.82, 2.24) is 5.32 Å². The van der Waals surface area contributed by atoms with Gasteiger partial charge in [-0.3, -0.25) is 4.79 Å². The predicted molar refractivity (Wildman–Crippen MR) is 107 cm³/mol. The second-order valence-corrected chi connectivity index (χ2v) is 6.76. The van der Waals surface area contributed by atoms with E-state index in [1.54, 1.807) is 14.2 Å². The van der Waals surface area contributed by atoms with Gasteiger partial charge in [-0.25, -0.2) is 0 Å². The van der Waals surface area contributed by atoms with Crippen molar-refractivity contribution in [3.63, 3.8) is 0 Å². The molecule has 0 fully saturated rings. The van der Waals surface area contributed by atoms with Crippen molar-refractivity contribution in [3.05, 3.63) is 53.1 Å². The molecule has 2 aromatic rings. The van der Waals surface area contributed by atoms with Gasteiger partial charge in [-0.2, -0.15) is 0 Å². The highest BCUT2D eigenvalue weighted by molar-refractivity contribution is 5.77. The van der Waals surface area contributed by atoms with E-state index in [1.165, 1.54) is 5.56 Å². The molecule has 0 spiro atoms. The summed E-state index contributed by atoms with van der Waals surface area (Å²) < 4.78 is 16.2. The highest BCUT2D eigenvalue weighted by atomic mass is 16.5. The van der Waals surface area contributed by atoms with Crippen LogP contribution in [0.25, 0.3) is 0 Å². The molecule has 2 rings (SSSR count). The Bertz CT molecular complexity index is 771. The molecule has 0 aliphatic rings. The molecule has 1 amide bonds. The number of amides is 1. The van der Waals surface area contributed by atoms with E-state index in [2.05, 4.69) is 25.2 Å². The van der Waals surface area contributed by atoms with Gasteiger partial charge in [0.25, 0.3) is 5.91 Å². The average molecular weight is 371 g/mol. The zero-order valence-corrected chi connectivity index (χ0v) is 16.8. The quantitative estimate of drug-likeness (QED) is 0.727. The van der Waals surface area contributed by atoms with Crippen LogP contribution >= 0.6 is 0 Å². The van der Waals surface area contributed by atoms with Crippen LogP contribution in [0.5, 0.6) is 17.2 Å². The van der Waals surface area contributed by atoms with Crippen LogP contribution < -0.4 is 19.5 Å². The first kappa shape index (κ1) is 20.6. The third-order valence-electron chi connectivity index (χ3n) is 4.42. The Morgan fingerprint density at radius 3 is 2.41 bits per heavy atom. The van der Waals surface area contributed by atoms with E-state index < -0.39 is 0 Å². The van der Waals surface area contributed by atoms with Crippen molar-refractivity contribution in [3.8, 4) is 17.2 Å². The van der Waals surface area contributed by atoms with Crippen molar-refractivity contribution in [2.45, 2.75) is 33.1 Å². The van der Waals surface area contributed by atoms with Crippen LogP contribution in [-0.2, 0) is 11.2 Å². The topological polar surface area (TPSA) is 56.8 Å². The lowest BCUT2D eigenvalue weighted by Crippen LogP contribution is -2.30. The molecular formula is C22H29NO4. The summed E-state index contributed by atoms with van der Waals surface area (Å²) in [7, 11) is 3.22. The summed E-state index contributed by atoms with van der Waals surface area (Å²) in [6.45, 7) is 6.79. The third-order valence-corrected chi connectivity index (χ3v) is 4.42. The van der Waals surface area contributed by atoms with Crippen molar-refractivity contribution >= 4 is 5.91 Å². The first-order valence-corrected chi connectivity index (χ1v) is 9.15. The molecule has 0 bridgehead atoms. The summed E-state index contributed by atoms with van der Waals surface area (Å²) in [5.41, 5.74) is 3.29. The first-order valence-electron chi connectivity index (χ1n) is 9.15. The highest BCUT2D eigenvalue weighted by Gasteiger charge is 2.08. The van der Waals surface area contributed by atoms with E-state index in [9.17, 15) is 4.79 Å². The van der Waals surface area contributed by atoms with E-state index in [-0.39, 0.29) is 12.5 Å². The lowest BCUT2D eigenvalue weighted by atomic mass is 10.0. The maximum atomic E-state index is 12.1. The van der Waals surface area contributed by atoms with Gasteiger partial charge in [0.2, 0.25) is 0 Å². The Balaban J connectivity index is 1.82. The Hall–Kier alpha value is -2.69. The standard InChI is InChI=1S/C22H29NO4/c1-15(2)18-8-6-16(3)20(13-18)27-14-22(24)23-11-10-17-7-9-19(25-4)21(12-17)26-5/h6-9,12-13,15H,10-11,14H2,1-5H3,(H,23,24). The minimum absolute atomic E-state index is 0.00826. The molecule has 27 heavy (non-hydrogen) atoms. The Morgan fingerprint density at radius 2 is 1.74 bits per heavy atom. The van der Waals surface area contributed by atoms with Gasteiger partial charge < -0.3 is 19.5 Å². The molecule has 0 aliphatic heterocycles. The van der Waals surface area contributed by atoms with Crippen LogP contribution in [0.2, 0.25) is 0 Å². The molecule has 0 saturated carbocycles. The number of hydrogen-bond acceptors (Lipinski definition) is 4. The molecule has 1 N–H and O–H groups in total. The molecule has 0 saturated heterocycles. The lowest BCUT2D eigenvalue weighted by Gasteiger charge is -2.13. The van der Waals surface area contributed by atoms with E-state index >= 15 is 0 Å². The number of methoxy groups -OCH3 is 2. The largest absolute Gasteiger partial charge is 0.493 e. The molecule has 0 unspecified atom stereocenters. The maximum absolute atomic E-state index is 12.1. The van der Waals surface area contributed by atoms with Gasteiger partial charge in [0.05, 0.1) is 14.2 Å². The molecule has 0 aromatic heterocycles. The van der Waals surface area contributed by atoms with Crippen LogP contribution in [0, 0.1) is 6.92 Å². The zero-order chi connectivity index (χ0) is 19.8. The van der Waals surface area contributed by atoms with Crippen LogP contribution in [-0.4, -0.2) is 33.3 Å². The molecular weight excluding hydrogens is 342 g/mol. The first-order chi connectivity index (χ1) is 12.9. The molecule has 146 valence electrons. The summed E-state index contributed by atoms with van der Waals surface area (Å²) in [5.74, 6) is 2.42. The number of carbonyl (C=O) groups excluding carboxylic acids is 1. The molecule has 5 nitrogen and oxygen atoms in total. The average Bonchev–Trinajstić information content (AvgIpc) is 2.66. The van der Waals surface area contributed by atoms with Crippen LogP contribution in [0.4, 0.5) is 0 Å². The van der Waals surface area contributed by atoms with E-state index in [1.807, 2.05) is 37.3 Å². The summed E-state index contributed by atoms with van der Waals surface area (Å²) in [5, 5.41) is 2.89. The van der Waals surface area contributed by atoms with Crippen molar-refractivity contribution < 1.29 is 19.0 Å². The van der Waals surface area contributed by atoms with Crippen molar-refractivity contribution in [2.24, 2.45) is 0 Å². The lowest BCUT2D eigenvalue weighted by molar-refractivity contribution is -0.123. The van der Waals surface area contributed by atoms with Gasteiger partial charge in [0.15, 0.2) is 18.1 Å². The summed E-state index contributed by atoms with van der Waals surface area (Å²) in [6, 6.07) is 11.9. The minimum Gasteiger partial charge on any atom is -0.493 e. The molecule has 0 aliphatic carbocycles. The Labute approximate surface area is 161 Å². The second-order valence-electron chi connectivity index (χ2n) is 6.76. The normalized spacial score (nSPS) is 10.6. The monoisotopic (exact) mass is 371 g/mol. The van der Waals surface area contributed by atoms with Crippen LogP contribution in [0.15, 0.2) is 36.4 Å². The van der Waals surface area contributed by atoms with Gasteiger partial charge >= 0.3 is 0 Å². The number of benzene rings is 2. The van der Waals surface area contributed by atoms with Crippen LogP contribution in [0.3, 0.4) is 0 Å². The summed E-state index contributed by atoms with van der Waals surface area (Å²) >= 11 is 0. The second kappa shape index (κ2) is 9.86. The fourth-order valence-corrected chi connectivity index (χ4v) is 2.71. The van der Waals surface area contributed by atoms with Gasteiger partial charge in [0.1, 0.15) is 5.75 Å². The number of aryl methyl sites for hydroxylation is 1. The van der Waals surface area contributed by atoms with E-state index in [4.69, 9.17) is 14.2 Å². The smallest absolute Gasteiger partial charge is 0.257 e. The maximum Gasteiger partial charge on any atom is 0.257 e. The van der Waals surface area contributed by atoms with Crippen molar-refractivity contribution in [2.75, 3.05) is 27.4 Å².